The van der Waals surface area contributed by atoms with Gasteiger partial charge in [0.15, 0.2) is 0 Å². The monoisotopic (exact) mass is 332 g/mol. The van der Waals surface area contributed by atoms with Crippen LogP contribution in [0.25, 0.3) is 5.69 Å². The Morgan fingerprint density at radius 3 is 2.68 bits per heavy atom. The number of para-hydroxylation sites is 1. The van der Waals surface area contributed by atoms with Gasteiger partial charge in [0.25, 0.3) is 0 Å². The van der Waals surface area contributed by atoms with E-state index in [1.807, 2.05) is 66.2 Å². The Labute approximate surface area is 147 Å². The van der Waals surface area contributed by atoms with E-state index in [1.54, 1.807) is 6.21 Å². The first-order valence-corrected chi connectivity index (χ1v) is 8.03. The molecular weight excluding hydrogens is 312 g/mol. The molecule has 5 nitrogen and oxygen atoms in total. The summed E-state index contributed by atoms with van der Waals surface area (Å²) in [6.45, 7) is 3.99. The van der Waals surface area contributed by atoms with Crippen LogP contribution in [0.3, 0.4) is 0 Å². The van der Waals surface area contributed by atoms with Crippen molar-refractivity contribution in [3.63, 3.8) is 0 Å². The van der Waals surface area contributed by atoms with E-state index in [2.05, 4.69) is 34.9 Å². The standard InChI is InChI=1S/C20H20N4O/c1-15-7-5-9-17(13-15)24-12-6-10-18(24)14-21-23-20(25)22-19-11-4-3-8-16(19)2/h3-14H,1-2H3,(H2,22,23,25). The van der Waals surface area contributed by atoms with E-state index in [-0.39, 0.29) is 6.03 Å². The average molecular weight is 332 g/mol. The van der Waals surface area contributed by atoms with Gasteiger partial charge >= 0.3 is 6.03 Å². The van der Waals surface area contributed by atoms with Crippen LogP contribution in [0.2, 0.25) is 0 Å². The van der Waals surface area contributed by atoms with Crippen molar-refractivity contribution < 1.29 is 4.79 Å². The molecule has 1 aromatic heterocycles. The minimum Gasteiger partial charge on any atom is -0.316 e. The molecule has 0 fully saturated rings. The summed E-state index contributed by atoms with van der Waals surface area (Å²) in [6, 6.07) is 19.3. The lowest BCUT2D eigenvalue weighted by atomic mass is 10.2. The highest BCUT2D eigenvalue weighted by molar-refractivity contribution is 5.91. The highest BCUT2D eigenvalue weighted by Crippen LogP contribution is 2.14. The highest BCUT2D eigenvalue weighted by Gasteiger charge is 2.03. The summed E-state index contributed by atoms with van der Waals surface area (Å²) < 4.78 is 2.01. The van der Waals surface area contributed by atoms with Gasteiger partial charge in [0.2, 0.25) is 0 Å². The molecule has 0 saturated carbocycles. The third-order valence-corrected chi connectivity index (χ3v) is 3.82. The Bertz CT molecular complexity index is 911. The van der Waals surface area contributed by atoms with Gasteiger partial charge in [-0.2, -0.15) is 5.10 Å². The van der Waals surface area contributed by atoms with Crippen molar-refractivity contribution in [2.45, 2.75) is 13.8 Å². The van der Waals surface area contributed by atoms with Gasteiger partial charge in [0, 0.05) is 17.6 Å². The number of carbonyl (C=O) groups is 1. The van der Waals surface area contributed by atoms with Crippen molar-refractivity contribution in [3.05, 3.63) is 83.7 Å². The summed E-state index contributed by atoms with van der Waals surface area (Å²) in [7, 11) is 0. The molecule has 2 N–H and O–H groups in total. The van der Waals surface area contributed by atoms with Crippen molar-refractivity contribution >= 4 is 17.9 Å². The number of nitrogens with one attached hydrogen (secondary N) is 2. The van der Waals surface area contributed by atoms with Crippen LogP contribution in [-0.2, 0) is 0 Å². The first-order valence-electron chi connectivity index (χ1n) is 8.03. The first-order chi connectivity index (χ1) is 12.1. The Morgan fingerprint density at radius 2 is 1.88 bits per heavy atom. The molecule has 0 aliphatic carbocycles. The van der Waals surface area contributed by atoms with Crippen LogP contribution in [0.15, 0.2) is 72.0 Å². The molecule has 0 unspecified atom stereocenters. The number of amides is 2. The number of carbonyl (C=O) groups excluding carboxylic acids is 1. The summed E-state index contributed by atoms with van der Waals surface area (Å²) >= 11 is 0. The molecule has 0 spiro atoms. The van der Waals surface area contributed by atoms with E-state index in [0.717, 1.165) is 22.6 Å². The number of aromatic nitrogens is 1. The van der Waals surface area contributed by atoms with Gasteiger partial charge < -0.3 is 9.88 Å². The lowest BCUT2D eigenvalue weighted by Gasteiger charge is -2.08. The maximum Gasteiger partial charge on any atom is 0.339 e. The molecule has 0 aliphatic heterocycles. The van der Waals surface area contributed by atoms with Crippen molar-refractivity contribution in [2.24, 2.45) is 5.10 Å². The fourth-order valence-electron chi connectivity index (χ4n) is 2.53. The van der Waals surface area contributed by atoms with E-state index in [0.29, 0.717) is 0 Å². The van der Waals surface area contributed by atoms with Gasteiger partial charge in [-0.3, -0.25) is 0 Å². The second-order valence-corrected chi connectivity index (χ2v) is 5.78. The maximum atomic E-state index is 11.9. The second-order valence-electron chi connectivity index (χ2n) is 5.78. The van der Waals surface area contributed by atoms with Crippen molar-refractivity contribution in [1.29, 1.82) is 0 Å². The van der Waals surface area contributed by atoms with Gasteiger partial charge in [-0.05, 0) is 55.3 Å². The van der Waals surface area contributed by atoms with Crippen LogP contribution in [0, 0.1) is 13.8 Å². The Kier molecular flexibility index (Phi) is 4.95. The molecule has 2 aromatic carbocycles. The van der Waals surface area contributed by atoms with Crippen molar-refractivity contribution in [1.82, 2.24) is 9.99 Å². The minimum atomic E-state index is -0.376. The SMILES string of the molecule is Cc1cccc(-n2cccc2C=NNC(=O)Nc2ccccc2C)c1. The number of nitrogens with zero attached hydrogens (tertiary/aromatic N) is 2. The normalized spacial score (nSPS) is 10.8. The third-order valence-electron chi connectivity index (χ3n) is 3.82. The topological polar surface area (TPSA) is 58.4 Å². The Morgan fingerprint density at radius 1 is 1.04 bits per heavy atom. The smallest absolute Gasteiger partial charge is 0.316 e. The Hall–Kier alpha value is -3.34. The summed E-state index contributed by atoms with van der Waals surface area (Å²) in [4.78, 5) is 11.9. The average Bonchev–Trinajstić information content (AvgIpc) is 3.05. The second kappa shape index (κ2) is 7.49. The number of rotatable bonds is 4. The van der Waals surface area contributed by atoms with E-state index >= 15 is 0 Å². The van der Waals surface area contributed by atoms with Crippen LogP contribution in [-0.4, -0.2) is 16.8 Å². The predicted molar refractivity (Wildman–Crippen MR) is 101 cm³/mol. The number of aryl methyl sites for hydroxylation is 2. The molecule has 0 atom stereocenters. The first kappa shape index (κ1) is 16.5. The van der Waals surface area contributed by atoms with Gasteiger partial charge in [0.05, 0.1) is 11.9 Å². The number of hydrazone groups is 1. The number of anilines is 1. The van der Waals surface area contributed by atoms with Gasteiger partial charge in [0.1, 0.15) is 0 Å². The molecule has 25 heavy (non-hydrogen) atoms. The zero-order valence-electron chi connectivity index (χ0n) is 14.2. The summed E-state index contributed by atoms with van der Waals surface area (Å²) in [5.74, 6) is 0. The fraction of sp³-hybridized carbons (Fsp3) is 0.100. The van der Waals surface area contributed by atoms with E-state index in [9.17, 15) is 4.79 Å². The molecular formula is C20H20N4O. The lowest BCUT2D eigenvalue weighted by Crippen LogP contribution is -2.24. The maximum absolute atomic E-state index is 11.9. The fourth-order valence-corrected chi connectivity index (χ4v) is 2.53. The molecule has 0 aliphatic rings. The third kappa shape index (κ3) is 4.14. The van der Waals surface area contributed by atoms with Crippen LogP contribution in [0.1, 0.15) is 16.8 Å². The number of hydrogen-bond acceptors (Lipinski definition) is 2. The van der Waals surface area contributed by atoms with E-state index < -0.39 is 0 Å². The largest absolute Gasteiger partial charge is 0.339 e. The van der Waals surface area contributed by atoms with Crippen LogP contribution in [0.5, 0.6) is 0 Å². The summed E-state index contributed by atoms with van der Waals surface area (Å²) in [5, 5.41) is 6.81. The van der Waals surface area contributed by atoms with Crippen LogP contribution >= 0.6 is 0 Å². The highest BCUT2D eigenvalue weighted by atomic mass is 16.2. The van der Waals surface area contributed by atoms with Gasteiger partial charge in [-0.1, -0.05) is 30.3 Å². The summed E-state index contributed by atoms with van der Waals surface area (Å²) in [6.07, 6.45) is 3.59. The minimum absolute atomic E-state index is 0.376. The van der Waals surface area contributed by atoms with Crippen LogP contribution < -0.4 is 10.7 Å². The predicted octanol–water partition coefficient (Wildman–Crippen LogP) is 4.25. The molecule has 2 amide bonds. The van der Waals surface area contributed by atoms with E-state index in [4.69, 9.17) is 0 Å². The summed E-state index contributed by atoms with van der Waals surface area (Å²) in [5.41, 5.74) is 7.36. The number of urea groups is 1. The lowest BCUT2D eigenvalue weighted by molar-refractivity contribution is 0.252. The van der Waals surface area contributed by atoms with Gasteiger partial charge in [-0.15, -0.1) is 0 Å². The molecule has 3 rings (SSSR count). The molecule has 0 bridgehead atoms. The molecule has 0 saturated heterocycles. The molecule has 126 valence electrons. The van der Waals surface area contributed by atoms with Crippen LogP contribution in [0.4, 0.5) is 10.5 Å². The van der Waals surface area contributed by atoms with Crippen molar-refractivity contribution in [3.8, 4) is 5.69 Å². The quantitative estimate of drug-likeness (QED) is 0.544. The number of benzene rings is 2. The molecule has 3 aromatic rings. The Balaban J connectivity index is 1.66. The zero-order valence-corrected chi connectivity index (χ0v) is 14.2. The van der Waals surface area contributed by atoms with Gasteiger partial charge in [-0.25, -0.2) is 10.2 Å². The molecule has 0 radical (unpaired) electrons. The number of hydrogen-bond donors (Lipinski definition) is 2. The van der Waals surface area contributed by atoms with E-state index in [1.165, 1.54) is 5.56 Å². The van der Waals surface area contributed by atoms with Crippen molar-refractivity contribution in [2.75, 3.05) is 5.32 Å². The zero-order chi connectivity index (χ0) is 17.6. The molecule has 5 heteroatoms. The molecule has 1 heterocycles.